The second-order valence-corrected chi connectivity index (χ2v) is 7.20. The van der Waals surface area contributed by atoms with Gasteiger partial charge in [-0.25, -0.2) is 0 Å². The maximum atomic E-state index is 11.6. The standard InChI is InChI=1S/C18H31O4P/c1-2-3-4-5-6-7-8-9-10-14-17-21-23(19,20)22-18-15-12-11-13-16-18/h11-13,15-16H,2-10,14,17H2,1H3,(H,19,20)/p-1. The fraction of sp³-hybridized carbons (Fsp3) is 0.667. The van der Waals surface area contributed by atoms with Crippen molar-refractivity contribution in [1.29, 1.82) is 0 Å². The Morgan fingerprint density at radius 2 is 1.39 bits per heavy atom. The lowest BCUT2D eigenvalue weighted by molar-refractivity contribution is -0.217. The summed E-state index contributed by atoms with van der Waals surface area (Å²) in [4.78, 5) is 11.6. The third-order valence-corrected chi connectivity index (χ3v) is 4.64. The van der Waals surface area contributed by atoms with Crippen LogP contribution >= 0.6 is 7.82 Å². The molecule has 1 aromatic rings. The highest BCUT2D eigenvalue weighted by Gasteiger charge is 2.10. The van der Waals surface area contributed by atoms with Gasteiger partial charge in [-0.2, -0.15) is 0 Å². The number of benzene rings is 1. The van der Waals surface area contributed by atoms with E-state index >= 15 is 0 Å². The molecule has 0 amide bonds. The highest BCUT2D eigenvalue weighted by atomic mass is 31.2. The van der Waals surface area contributed by atoms with E-state index in [2.05, 4.69) is 6.92 Å². The molecule has 23 heavy (non-hydrogen) atoms. The Hall–Kier alpha value is -0.830. The molecular weight excluding hydrogens is 311 g/mol. The molecule has 0 fully saturated rings. The molecule has 5 heteroatoms. The predicted molar refractivity (Wildman–Crippen MR) is 92.5 cm³/mol. The van der Waals surface area contributed by atoms with Crippen LogP contribution in [0.2, 0.25) is 0 Å². The third-order valence-electron chi connectivity index (χ3n) is 3.71. The summed E-state index contributed by atoms with van der Waals surface area (Å²) in [5.41, 5.74) is 0. The number of hydrogen-bond donors (Lipinski definition) is 0. The lowest BCUT2D eigenvalue weighted by atomic mass is 10.1. The summed E-state index contributed by atoms with van der Waals surface area (Å²) in [5.74, 6) is 0.286. The van der Waals surface area contributed by atoms with Gasteiger partial charge in [0.15, 0.2) is 0 Å². The fourth-order valence-corrected chi connectivity index (χ4v) is 3.19. The largest absolute Gasteiger partial charge is 0.746 e. The Morgan fingerprint density at radius 1 is 0.870 bits per heavy atom. The SMILES string of the molecule is CCCCCCCCCCCCOP(=O)([O-])Oc1ccccc1. The molecule has 1 atom stereocenters. The molecular formula is C18H30O4P-. The van der Waals surface area contributed by atoms with Crippen LogP contribution in [0.3, 0.4) is 0 Å². The van der Waals surface area contributed by atoms with Gasteiger partial charge in [0.1, 0.15) is 5.75 Å². The summed E-state index contributed by atoms with van der Waals surface area (Å²) in [6.07, 6.45) is 12.0. The summed E-state index contributed by atoms with van der Waals surface area (Å²) in [5, 5.41) is 0. The molecule has 0 aromatic heterocycles. The van der Waals surface area contributed by atoms with E-state index in [-0.39, 0.29) is 12.4 Å². The average molecular weight is 341 g/mol. The van der Waals surface area contributed by atoms with Crippen molar-refractivity contribution in [3.8, 4) is 5.75 Å². The minimum atomic E-state index is -4.24. The molecule has 0 heterocycles. The summed E-state index contributed by atoms with van der Waals surface area (Å²) >= 11 is 0. The highest BCUT2D eigenvalue weighted by molar-refractivity contribution is 7.46. The Balaban J connectivity index is 1.96. The number of unbranched alkanes of at least 4 members (excludes halogenated alkanes) is 9. The van der Waals surface area contributed by atoms with E-state index in [9.17, 15) is 9.46 Å². The quantitative estimate of drug-likeness (QED) is 0.332. The van der Waals surface area contributed by atoms with E-state index in [1.807, 2.05) is 0 Å². The van der Waals surface area contributed by atoms with Crippen molar-refractivity contribution >= 4 is 7.82 Å². The molecule has 132 valence electrons. The topological polar surface area (TPSA) is 58.6 Å². The Morgan fingerprint density at radius 3 is 1.96 bits per heavy atom. The summed E-state index contributed by atoms with van der Waals surface area (Å²) in [6.45, 7) is 2.43. The van der Waals surface area contributed by atoms with Crippen LogP contribution in [0.25, 0.3) is 0 Å². The second kappa shape index (κ2) is 12.6. The first kappa shape index (κ1) is 20.2. The van der Waals surface area contributed by atoms with Gasteiger partial charge in [0.05, 0.1) is 6.61 Å². The number of hydrogen-bond acceptors (Lipinski definition) is 4. The maximum absolute atomic E-state index is 11.6. The van der Waals surface area contributed by atoms with Crippen molar-refractivity contribution in [3.05, 3.63) is 30.3 Å². The Kier molecular flexibility index (Phi) is 11.1. The van der Waals surface area contributed by atoms with Gasteiger partial charge >= 0.3 is 7.82 Å². The first-order chi connectivity index (χ1) is 11.1. The molecule has 0 aliphatic heterocycles. The molecule has 4 nitrogen and oxygen atoms in total. The normalized spacial score (nSPS) is 13.7. The lowest BCUT2D eigenvalue weighted by Gasteiger charge is -2.23. The van der Waals surface area contributed by atoms with Gasteiger partial charge in [0.25, 0.3) is 0 Å². The van der Waals surface area contributed by atoms with Gasteiger partial charge in [-0.15, -0.1) is 0 Å². The number of para-hydroxylation sites is 1. The highest BCUT2D eigenvalue weighted by Crippen LogP contribution is 2.39. The van der Waals surface area contributed by atoms with Crippen LogP contribution in [-0.2, 0) is 9.09 Å². The number of phosphoric acid groups is 1. The zero-order chi connectivity index (χ0) is 16.8. The number of phosphoric ester groups is 1. The molecule has 1 unspecified atom stereocenters. The molecule has 0 bridgehead atoms. The maximum Gasteiger partial charge on any atom is 0.319 e. The Bertz CT molecular complexity index is 436. The van der Waals surface area contributed by atoms with Crippen molar-refractivity contribution in [1.82, 2.24) is 0 Å². The molecule has 1 rings (SSSR count). The van der Waals surface area contributed by atoms with E-state index in [1.54, 1.807) is 30.3 Å². The molecule has 0 aliphatic rings. The van der Waals surface area contributed by atoms with E-state index in [1.165, 1.54) is 44.9 Å². The van der Waals surface area contributed by atoms with Crippen molar-refractivity contribution in [2.24, 2.45) is 0 Å². The van der Waals surface area contributed by atoms with Gasteiger partial charge in [0, 0.05) is 0 Å². The first-order valence-electron chi connectivity index (χ1n) is 8.84. The number of rotatable bonds is 14. The zero-order valence-electron chi connectivity index (χ0n) is 14.2. The van der Waals surface area contributed by atoms with Gasteiger partial charge in [0.2, 0.25) is 0 Å². The van der Waals surface area contributed by atoms with Gasteiger partial charge in [-0.3, -0.25) is 4.57 Å². The van der Waals surface area contributed by atoms with Crippen LogP contribution in [0.15, 0.2) is 30.3 Å². The van der Waals surface area contributed by atoms with Crippen molar-refractivity contribution in [2.45, 2.75) is 71.1 Å². The molecule has 0 aliphatic carbocycles. The van der Waals surface area contributed by atoms with E-state index < -0.39 is 7.82 Å². The van der Waals surface area contributed by atoms with Crippen LogP contribution in [0.4, 0.5) is 0 Å². The molecule has 0 spiro atoms. The molecule has 0 radical (unpaired) electrons. The monoisotopic (exact) mass is 341 g/mol. The lowest BCUT2D eigenvalue weighted by Crippen LogP contribution is -2.11. The smallest absolute Gasteiger partial charge is 0.319 e. The predicted octanol–water partition coefficient (Wildman–Crippen LogP) is 5.47. The minimum Gasteiger partial charge on any atom is -0.746 e. The van der Waals surface area contributed by atoms with Gasteiger partial charge in [-0.1, -0.05) is 82.9 Å². The molecule has 0 saturated heterocycles. The first-order valence-corrected chi connectivity index (χ1v) is 10.3. The van der Waals surface area contributed by atoms with Crippen LogP contribution in [0.1, 0.15) is 71.1 Å². The minimum absolute atomic E-state index is 0.199. The molecule has 0 N–H and O–H groups in total. The fourth-order valence-electron chi connectivity index (χ4n) is 2.40. The average Bonchev–Trinajstić information content (AvgIpc) is 2.53. The van der Waals surface area contributed by atoms with Crippen molar-refractivity contribution < 1.29 is 18.5 Å². The van der Waals surface area contributed by atoms with Crippen LogP contribution in [0, 0.1) is 0 Å². The van der Waals surface area contributed by atoms with Crippen LogP contribution in [0.5, 0.6) is 5.75 Å². The van der Waals surface area contributed by atoms with Crippen molar-refractivity contribution in [2.75, 3.05) is 6.61 Å². The summed E-state index contributed by atoms with van der Waals surface area (Å²) in [7, 11) is -4.24. The van der Waals surface area contributed by atoms with E-state index in [0.29, 0.717) is 0 Å². The third kappa shape index (κ3) is 11.4. The molecule has 1 aromatic carbocycles. The van der Waals surface area contributed by atoms with Gasteiger partial charge < -0.3 is 13.9 Å². The second-order valence-electron chi connectivity index (χ2n) is 5.87. The molecule has 0 saturated carbocycles. The van der Waals surface area contributed by atoms with E-state index in [0.717, 1.165) is 19.3 Å². The van der Waals surface area contributed by atoms with Crippen molar-refractivity contribution in [3.63, 3.8) is 0 Å². The zero-order valence-corrected chi connectivity index (χ0v) is 15.1. The van der Waals surface area contributed by atoms with Crippen LogP contribution < -0.4 is 9.42 Å². The van der Waals surface area contributed by atoms with E-state index in [4.69, 9.17) is 9.05 Å². The summed E-state index contributed by atoms with van der Waals surface area (Å²) < 4.78 is 21.4. The Labute approximate surface area is 140 Å². The summed E-state index contributed by atoms with van der Waals surface area (Å²) in [6, 6.07) is 8.42. The van der Waals surface area contributed by atoms with Gasteiger partial charge in [-0.05, 0) is 18.6 Å². The van der Waals surface area contributed by atoms with Crippen LogP contribution in [-0.4, -0.2) is 6.61 Å².